The van der Waals surface area contributed by atoms with Gasteiger partial charge in [0.15, 0.2) is 0 Å². The van der Waals surface area contributed by atoms with E-state index < -0.39 is 10.2 Å². The molecule has 2 aromatic carbocycles. The molecule has 0 bridgehead atoms. The zero-order valence-electron chi connectivity index (χ0n) is 14.0. The smallest absolute Gasteiger partial charge is 0.0780 e. The van der Waals surface area contributed by atoms with Crippen molar-refractivity contribution >= 4 is 57.9 Å². The molecule has 0 fully saturated rings. The second-order valence-corrected chi connectivity index (χ2v) is 6.55. The molecule has 1 nitrogen and oxygen atoms in total. The summed E-state index contributed by atoms with van der Waals surface area (Å²) in [4.78, 5) is 4.51. The second kappa shape index (κ2) is 6.20. The van der Waals surface area contributed by atoms with Crippen molar-refractivity contribution in [3.63, 3.8) is 0 Å². The van der Waals surface area contributed by atoms with Crippen LogP contribution in [0.15, 0.2) is 48.7 Å². The molecule has 25 heavy (non-hydrogen) atoms. The molecule has 0 saturated heterocycles. The van der Waals surface area contributed by atoms with E-state index in [4.69, 9.17) is 47.1 Å². The molecule has 0 unspecified atom stereocenters. The molecular weight excluding hydrogens is 295 g/mol. The molecule has 0 amide bonds. The Hall–Kier alpha value is -1.76. The molecule has 1 heterocycles. The van der Waals surface area contributed by atoms with Gasteiger partial charge in [0.05, 0.1) is 52.8 Å². The van der Waals surface area contributed by atoms with Crippen molar-refractivity contribution in [2.24, 2.45) is 0 Å². The summed E-state index contributed by atoms with van der Waals surface area (Å²) in [5.41, 5.74) is 3.55. The molecule has 0 aliphatic heterocycles. The van der Waals surface area contributed by atoms with Gasteiger partial charge >= 0.3 is 0 Å². The summed E-state index contributed by atoms with van der Waals surface area (Å²) in [6, 6.07) is 13.2. The van der Waals surface area contributed by atoms with E-state index in [1.54, 1.807) is 24.4 Å². The lowest BCUT2D eigenvalue weighted by atomic mass is 9.37. The average Bonchev–Trinajstić information content (AvgIpc) is 2.52. The van der Waals surface area contributed by atoms with Crippen LogP contribution in [0.4, 0.5) is 0 Å². The molecule has 0 aliphatic carbocycles. The fraction of sp³-hybridized carbons (Fsp3) is 0.167. The van der Waals surface area contributed by atoms with Crippen molar-refractivity contribution in [3.05, 3.63) is 65.4 Å². The lowest BCUT2D eigenvalue weighted by Gasteiger charge is -2.28. The number of fused-ring (bicyclic) bond motifs is 1. The maximum absolute atomic E-state index is 5.86. The number of hydrogen-bond donors (Lipinski definition) is 0. The third-order valence-corrected chi connectivity index (χ3v) is 4.13. The van der Waals surface area contributed by atoms with Crippen LogP contribution in [0, 0.1) is 6.92 Å². The number of aryl methyl sites for hydroxylation is 1. The highest BCUT2D eigenvalue weighted by Gasteiger charge is 2.20. The monoisotopic (exact) mass is 307 g/mol. The molecule has 7 heteroatoms. The summed E-state index contributed by atoms with van der Waals surface area (Å²) in [6.45, 7) is 2.04. The van der Waals surface area contributed by atoms with Crippen LogP contribution in [-0.2, 0) is 10.2 Å². The quantitative estimate of drug-likeness (QED) is 0.667. The molecule has 0 spiro atoms. The summed E-state index contributed by atoms with van der Waals surface area (Å²) in [5.74, 6) is 0. The molecule has 0 N–H and O–H groups in total. The van der Waals surface area contributed by atoms with E-state index in [9.17, 15) is 0 Å². The number of pyridine rings is 1. The minimum Gasteiger partial charge on any atom is -0.256 e. The third-order valence-electron chi connectivity index (χ3n) is 4.13. The van der Waals surface area contributed by atoms with Crippen LogP contribution < -0.4 is 0 Å². The molecule has 0 atom stereocenters. The molecule has 12 radical (unpaired) electrons. The summed E-state index contributed by atoms with van der Waals surface area (Å²) < 4.78 is 0. The van der Waals surface area contributed by atoms with Gasteiger partial charge in [0.2, 0.25) is 0 Å². The lowest BCUT2D eigenvalue weighted by molar-refractivity contribution is 1.16. The Morgan fingerprint density at radius 3 is 1.92 bits per heavy atom. The van der Waals surface area contributed by atoms with Gasteiger partial charge in [0, 0.05) is 17.1 Å². The van der Waals surface area contributed by atoms with Gasteiger partial charge in [0.25, 0.3) is 0 Å². The topological polar surface area (TPSA) is 12.9 Å². The average molecular weight is 306 g/mol. The van der Waals surface area contributed by atoms with Crippen LogP contribution in [0.2, 0.25) is 0 Å². The Kier molecular flexibility index (Phi) is 4.47. The third kappa shape index (κ3) is 3.76. The molecule has 0 aliphatic rings. The Balaban J connectivity index is 2.30. The summed E-state index contributed by atoms with van der Waals surface area (Å²) in [7, 11) is 35.2. The highest BCUT2D eigenvalue weighted by molar-refractivity contribution is 6.60. The minimum atomic E-state index is -1.56. The Morgan fingerprint density at radius 1 is 0.760 bits per heavy atom. The van der Waals surface area contributed by atoms with E-state index in [-0.39, 0.29) is 0 Å². The number of benzene rings is 2. The lowest BCUT2D eigenvalue weighted by Crippen LogP contribution is -2.30. The molecule has 1 aromatic heterocycles. The summed E-state index contributed by atoms with van der Waals surface area (Å²) in [6.07, 6.45) is 1.74. The molecule has 0 saturated carbocycles. The van der Waals surface area contributed by atoms with Crippen LogP contribution in [0.1, 0.15) is 16.7 Å². The van der Waals surface area contributed by atoms with Gasteiger partial charge in [-0.1, -0.05) is 53.1 Å². The zero-order valence-corrected chi connectivity index (χ0v) is 14.0. The maximum atomic E-state index is 5.86. The Morgan fingerprint density at radius 2 is 1.36 bits per heavy atom. The van der Waals surface area contributed by atoms with Gasteiger partial charge in [0.1, 0.15) is 0 Å². The van der Waals surface area contributed by atoms with Crippen molar-refractivity contribution in [2.75, 3.05) is 0 Å². The van der Waals surface area contributed by atoms with Gasteiger partial charge < -0.3 is 0 Å². The first-order chi connectivity index (χ1) is 11.6. The summed E-state index contributed by atoms with van der Waals surface area (Å²) in [5, 5.41) is -1.07. The van der Waals surface area contributed by atoms with Gasteiger partial charge in [-0.25, -0.2) is 0 Å². The van der Waals surface area contributed by atoms with Gasteiger partial charge in [-0.3, -0.25) is 4.98 Å². The van der Waals surface area contributed by atoms with Gasteiger partial charge in [-0.05, 0) is 18.4 Å². The van der Waals surface area contributed by atoms with Crippen molar-refractivity contribution < 1.29 is 0 Å². The first kappa shape index (κ1) is 18.0. The van der Waals surface area contributed by atoms with Crippen LogP contribution in [0.25, 0.3) is 22.0 Å². The Labute approximate surface area is 156 Å². The first-order valence-corrected chi connectivity index (χ1v) is 7.81. The highest BCUT2D eigenvalue weighted by Crippen LogP contribution is 2.32. The van der Waals surface area contributed by atoms with E-state index in [1.807, 2.05) is 25.1 Å². The first-order valence-electron chi connectivity index (χ1n) is 7.81. The molecule has 3 aromatic rings. The van der Waals surface area contributed by atoms with Crippen molar-refractivity contribution in [3.8, 4) is 11.3 Å². The van der Waals surface area contributed by atoms with E-state index in [2.05, 4.69) is 11.1 Å². The van der Waals surface area contributed by atoms with E-state index in [0.717, 1.165) is 27.6 Å². The van der Waals surface area contributed by atoms with Crippen LogP contribution in [0.3, 0.4) is 0 Å². The number of hydrogen-bond acceptors (Lipinski definition) is 1. The highest BCUT2D eigenvalue weighted by atomic mass is 14.7. The van der Waals surface area contributed by atoms with Gasteiger partial charge in [-0.15, -0.1) is 10.2 Å². The fourth-order valence-electron chi connectivity index (χ4n) is 2.79. The molecular formula is C18H11B6N. The minimum absolute atomic E-state index is 0.455. The van der Waals surface area contributed by atoms with E-state index >= 15 is 0 Å². The summed E-state index contributed by atoms with van der Waals surface area (Å²) >= 11 is 0. The number of rotatable bonds is 3. The molecule has 106 valence electrons. The van der Waals surface area contributed by atoms with Crippen LogP contribution in [0.5, 0.6) is 0 Å². The van der Waals surface area contributed by atoms with Gasteiger partial charge in [-0.2, -0.15) is 0 Å². The second-order valence-electron chi connectivity index (χ2n) is 6.55. The van der Waals surface area contributed by atoms with Crippen molar-refractivity contribution in [1.29, 1.82) is 0 Å². The van der Waals surface area contributed by atoms with E-state index in [0.29, 0.717) is 11.1 Å². The predicted molar refractivity (Wildman–Crippen MR) is 110 cm³/mol. The SMILES string of the molecule is [B]C([B])([B])c1cc(-c2nccc3cc(C)ccc23)cc(C([B])([B])[B])c1. The van der Waals surface area contributed by atoms with Crippen LogP contribution >= 0.6 is 0 Å². The standard InChI is InChI=1S/C18H11B6N/c1-10-2-3-15-11(6-10)4-5-25-16(15)12-7-13(17(19,20)21)9-14(8-12)18(22,23)24/h2-9H,1H3. The largest absolute Gasteiger partial charge is 0.256 e. The zero-order chi connectivity index (χ0) is 18.4. The van der Waals surface area contributed by atoms with Crippen molar-refractivity contribution in [2.45, 2.75) is 17.1 Å². The van der Waals surface area contributed by atoms with Crippen LogP contribution in [-0.4, -0.2) is 52.1 Å². The maximum Gasteiger partial charge on any atom is 0.0780 e. The number of nitrogens with zero attached hydrogens (tertiary/aromatic N) is 1. The van der Waals surface area contributed by atoms with E-state index in [1.165, 1.54) is 0 Å². The predicted octanol–water partition coefficient (Wildman–Crippen LogP) is 1.44. The molecule has 3 rings (SSSR count). The number of aromatic nitrogens is 1. The Bertz CT molecular complexity index is 908. The normalized spacial score (nSPS) is 12.4. The fourth-order valence-corrected chi connectivity index (χ4v) is 2.79. The van der Waals surface area contributed by atoms with Crippen molar-refractivity contribution in [1.82, 2.24) is 4.98 Å².